The molecule has 6 heteroatoms. The van der Waals surface area contributed by atoms with Crippen molar-refractivity contribution >= 4 is 17.5 Å². The van der Waals surface area contributed by atoms with Gasteiger partial charge in [0, 0.05) is 32.3 Å². The molecule has 0 radical (unpaired) electrons. The number of rotatable bonds is 5. The maximum Gasteiger partial charge on any atom is 0.256 e. The molecule has 1 aromatic carbocycles. The molecule has 1 unspecified atom stereocenters. The highest BCUT2D eigenvalue weighted by Crippen LogP contribution is 2.20. The first-order chi connectivity index (χ1) is 11.5. The minimum atomic E-state index is -0.572. The van der Waals surface area contributed by atoms with E-state index in [0.717, 1.165) is 32.3 Å². The molecule has 2 rings (SSSR count). The molecule has 132 valence electrons. The van der Waals surface area contributed by atoms with Gasteiger partial charge >= 0.3 is 0 Å². The lowest BCUT2D eigenvalue weighted by Gasteiger charge is -2.21. The maximum absolute atomic E-state index is 14.1. The molecular formula is C18H25FN2O3. The zero-order valence-electron chi connectivity index (χ0n) is 14.3. The molecule has 0 bridgehead atoms. The predicted octanol–water partition coefficient (Wildman–Crippen LogP) is 3.21. The number of likely N-dealkylation sites (tertiary alicyclic amines) is 1. The SMILES string of the molecule is CCCOC1CCCN(C(=O)c2cc(NC(C)=O)ccc2F)CC1. The van der Waals surface area contributed by atoms with Gasteiger partial charge in [-0.25, -0.2) is 4.39 Å². The Morgan fingerprint density at radius 3 is 2.83 bits per heavy atom. The molecule has 0 saturated carbocycles. The van der Waals surface area contributed by atoms with Crippen LogP contribution >= 0.6 is 0 Å². The largest absolute Gasteiger partial charge is 0.378 e. The number of anilines is 1. The van der Waals surface area contributed by atoms with Crippen molar-refractivity contribution in [1.82, 2.24) is 4.90 Å². The number of hydrogen-bond acceptors (Lipinski definition) is 3. The van der Waals surface area contributed by atoms with Gasteiger partial charge < -0.3 is 15.0 Å². The molecule has 2 amide bonds. The summed E-state index contributed by atoms with van der Waals surface area (Å²) in [5.41, 5.74) is 0.417. The third kappa shape index (κ3) is 5.03. The number of benzene rings is 1. The monoisotopic (exact) mass is 336 g/mol. The number of halogens is 1. The fourth-order valence-corrected chi connectivity index (χ4v) is 2.86. The molecule has 1 aromatic rings. The molecule has 5 nitrogen and oxygen atoms in total. The summed E-state index contributed by atoms with van der Waals surface area (Å²) in [5.74, 6) is -1.17. The molecule has 1 atom stereocenters. The number of carbonyl (C=O) groups excluding carboxylic acids is 2. The van der Waals surface area contributed by atoms with Gasteiger partial charge in [-0.2, -0.15) is 0 Å². The van der Waals surface area contributed by atoms with Gasteiger partial charge in [0.25, 0.3) is 5.91 Å². The summed E-state index contributed by atoms with van der Waals surface area (Å²) in [6.07, 6.45) is 3.66. The fourth-order valence-electron chi connectivity index (χ4n) is 2.86. The van der Waals surface area contributed by atoms with Crippen LogP contribution in [0.3, 0.4) is 0 Å². The molecule has 0 aliphatic carbocycles. The lowest BCUT2D eigenvalue weighted by atomic mass is 10.1. The quantitative estimate of drug-likeness (QED) is 0.898. The summed E-state index contributed by atoms with van der Waals surface area (Å²) in [6, 6.07) is 4.06. The van der Waals surface area contributed by atoms with E-state index in [4.69, 9.17) is 4.74 Å². The van der Waals surface area contributed by atoms with E-state index in [1.807, 2.05) is 0 Å². The fraction of sp³-hybridized carbons (Fsp3) is 0.556. The standard InChI is InChI=1S/C18H25FN2O3/c1-3-11-24-15-5-4-9-21(10-8-15)18(23)16-12-14(20-13(2)22)6-7-17(16)19/h6-7,12,15H,3-5,8-11H2,1-2H3,(H,20,22). The third-order valence-corrected chi connectivity index (χ3v) is 4.04. The number of nitrogens with one attached hydrogen (secondary N) is 1. The van der Waals surface area contributed by atoms with Crippen molar-refractivity contribution in [2.24, 2.45) is 0 Å². The number of hydrogen-bond donors (Lipinski definition) is 1. The summed E-state index contributed by atoms with van der Waals surface area (Å²) < 4.78 is 19.8. The van der Waals surface area contributed by atoms with Gasteiger partial charge in [-0.15, -0.1) is 0 Å². The smallest absolute Gasteiger partial charge is 0.256 e. The highest BCUT2D eigenvalue weighted by Gasteiger charge is 2.24. The Labute approximate surface area is 142 Å². The first-order valence-corrected chi connectivity index (χ1v) is 8.49. The normalized spacial score (nSPS) is 18.1. The van der Waals surface area contributed by atoms with Gasteiger partial charge in [-0.3, -0.25) is 9.59 Å². The lowest BCUT2D eigenvalue weighted by Crippen LogP contribution is -2.33. The zero-order chi connectivity index (χ0) is 17.5. The summed E-state index contributed by atoms with van der Waals surface area (Å²) in [5, 5.41) is 2.58. The van der Waals surface area contributed by atoms with Gasteiger partial charge in [-0.05, 0) is 43.9 Å². The summed E-state index contributed by atoms with van der Waals surface area (Å²) in [7, 11) is 0. The van der Waals surface area contributed by atoms with E-state index in [-0.39, 0.29) is 23.5 Å². The predicted molar refractivity (Wildman–Crippen MR) is 90.5 cm³/mol. The molecule has 1 aliphatic rings. The Morgan fingerprint density at radius 1 is 1.33 bits per heavy atom. The van der Waals surface area contributed by atoms with Crippen molar-refractivity contribution in [1.29, 1.82) is 0 Å². The summed E-state index contributed by atoms with van der Waals surface area (Å²) in [4.78, 5) is 25.5. The van der Waals surface area contributed by atoms with E-state index in [1.54, 1.807) is 4.90 Å². The Kier molecular flexibility index (Phi) is 6.73. The Bertz CT molecular complexity index is 592. The van der Waals surface area contributed by atoms with Gasteiger partial charge in [0.2, 0.25) is 5.91 Å². The van der Waals surface area contributed by atoms with E-state index in [2.05, 4.69) is 12.2 Å². The van der Waals surface area contributed by atoms with Crippen LogP contribution in [0.5, 0.6) is 0 Å². The van der Waals surface area contributed by atoms with Crippen LogP contribution in [0.1, 0.15) is 49.9 Å². The first-order valence-electron chi connectivity index (χ1n) is 8.49. The van der Waals surface area contributed by atoms with Crippen LogP contribution in [0, 0.1) is 5.82 Å². The van der Waals surface area contributed by atoms with E-state index < -0.39 is 5.82 Å². The molecule has 1 heterocycles. The van der Waals surface area contributed by atoms with Crippen molar-refractivity contribution < 1.29 is 18.7 Å². The second-order valence-corrected chi connectivity index (χ2v) is 6.09. The average molecular weight is 336 g/mol. The van der Waals surface area contributed by atoms with Crippen molar-refractivity contribution in [3.05, 3.63) is 29.6 Å². The van der Waals surface area contributed by atoms with Crippen molar-refractivity contribution in [2.75, 3.05) is 25.0 Å². The van der Waals surface area contributed by atoms with Crippen LogP contribution in [-0.2, 0) is 9.53 Å². The Hall–Kier alpha value is -1.95. The number of carbonyl (C=O) groups is 2. The molecule has 1 saturated heterocycles. The van der Waals surface area contributed by atoms with Crippen molar-refractivity contribution in [2.45, 2.75) is 45.6 Å². The van der Waals surface area contributed by atoms with Gasteiger partial charge in [0.15, 0.2) is 0 Å². The minimum absolute atomic E-state index is 0.00539. The molecule has 1 aliphatic heterocycles. The van der Waals surface area contributed by atoms with Crippen LogP contribution in [0.2, 0.25) is 0 Å². The van der Waals surface area contributed by atoms with Gasteiger partial charge in [0.05, 0.1) is 11.7 Å². The van der Waals surface area contributed by atoms with Crippen molar-refractivity contribution in [3.63, 3.8) is 0 Å². The topological polar surface area (TPSA) is 58.6 Å². The summed E-state index contributed by atoms with van der Waals surface area (Å²) in [6.45, 7) is 5.31. The van der Waals surface area contributed by atoms with Gasteiger partial charge in [0.1, 0.15) is 5.82 Å². The van der Waals surface area contributed by atoms with E-state index in [1.165, 1.54) is 25.1 Å². The Balaban J connectivity index is 2.06. The number of nitrogens with zero attached hydrogens (tertiary/aromatic N) is 1. The first kappa shape index (κ1) is 18.4. The third-order valence-electron chi connectivity index (χ3n) is 4.04. The van der Waals surface area contributed by atoms with E-state index >= 15 is 0 Å². The van der Waals surface area contributed by atoms with Crippen LogP contribution in [-0.4, -0.2) is 42.5 Å². The van der Waals surface area contributed by atoms with Crippen LogP contribution in [0.4, 0.5) is 10.1 Å². The minimum Gasteiger partial charge on any atom is -0.378 e. The lowest BCUT2D eigenvalue weighted by molar-refractivity contribution is -0.114. The molecule has 1 N–H and O–H groups in total. The maximum atomic E-state index is 14.1. The molecule has 24 heavy (non-hydrogen) atoms. The molecule has 0 aromatic heterocycles. The van der Waals surface area contributed by atoms with E-state index in [0.29, 0.717) is 18.8 Å². The highest BCUT2D eigenvalue weighted by molar-refractivity contribution is 5.97. The number of ether oxygens (including phenoxy) is 1. The van der Waals surface area contributed by atoms with Gasteiger partial charge in [-0.1, -0.05) is 6.92 Å². The molecular weight excluding hydrogens is 311 g/mol. The molecule has 1 fully saturated rings. The van der Waals surface area contributed by atoms with Crippen molar-refractivity contribution in [3.8, 4) is 0 Å². The van der Waals surface area contributed by atoms with Crippen LogP contribution in [0.15, 0.2) is 18.2 Å². The second kappa shape index (κ2) is 8.78. The van der Waals surface area contributed by atoms with E-state index in [9.17, 15) is 14.0 Å². The Morgan fingerprint density at radius 2 is 2.12 bits per heavy atom. The van der Waals surface area contributed by atoms with Crippen LogP contribution < -0.4 is 5.32 Å². The number of amides is 2. The average Bonchev–Trinajstić information content (AvgIpc) is 2.79. The van der Waals surface area contributed by atoms with Crippen LogP contribution in [0.25, 0.3) is 0 Å². The highest BCUT2D eigenvalue weighted by atomic mass is 19.1. The summed E-state index contributed by atoms with van der Waals surface area (Å²) >= 11 is 0. The zero-order valence-corrected chi connectivity index (χ0v) is 14.3. The molecule has 0 spiro atoms. The second-order valence-electron chi connectivity index (χ2n) is 6.09.